The standard InChI is InChI=1S/2C30H25N2P.7C7H7.2Hf/c2*1-4-12-24(13-5-1)23-31-30(32-27-21-20-25-14-10-11-15-26(25)22-27)33(28-16-6-2-7-17-28)29-18-8-3-9-19-29;7*1-7-5-3-2-4-6-7;;/h1-22H,23H2,(H,31,32);1-22,30H,23H2;7*2-6H,1H2;;/q;-2;7*-1;;+4. The number of nitrogens with one attached hydrogen (secondary N) is 1. The number of benzene rings is 17. The quantitative estimate of drug-likeness (QED) is 0.0381. The largest absolute Gasteiger partial charge is 4.00 e. The van der Waals surface area contributed by atoms with E-state index in [2.05, 4.69) is 309 Å². The maximum Gasteiger partial charge on any atom is 4.00 e. The molecule has 0 bridgehead atoms. The Morgan fingerprint density at radius 3 is 0.838 bits per heavy atom. The maximum absolute atomic E-state index is 5.24. The van der Waals surface area contributed by atoms with Gasteiger partial charge in [0.05, 0.1) is 6.54 Å². The van der Waals surface area contributed by atoms with Crippen LogP contribution in [0.1, 0.15) is 50.1 Å². The van der Waals surface area contributed by atoms with E-state index >= 15 is 0 Å². The molecule has 4 nitrogen and oxygen atoms in total. The summed E-state index contributed by atoms with van der Waals surface area (Å²) < 4.78 is 0. The molecule has 1 atom stereocenters. The summed E-state index contributed by atoms with van der Waals surface area (Å²) >= 11 is 0. The average Bonchev–Trinajstić information content (AvgIpc) is 0.812. The van der Waals surface area contributed by atoms with Crippen LogP contribution in [-0.4, -0.2) is 11.5 Å². The summed E-state index contributed by atoms with van der Waals surface area (Å²) in [4.78, 5) is 5.16. The number of hydrogen-bond acceptors (Lipinski definition) is 1. The fourth-order valence-electron chi connectivity index (χ4n) is 11.1. The first-order chi connectivity index (χ1) is 56.5. The Balaban J connectivity index is 0.000000204. The molecule has 0 aliphatic carbocycles. The van der Waals surface area contributed by atoms with Crippen molar-refractivity contribution in [1.82, 2.24) is 0 Å². The monoisotopic (exact) mass is 1890 g/mol. The number of anilines is 1. The van der Waals surface area contributed by atoms with Crippen LogP contribution in [0.3, 0.4) is 0 Å². The molecule has 0 heterocycles. The Morgan fingerprint density at radius 1 is 0.274 bits per heavy atom. The number of fused-ring (bicyclic) bond motifs is 2. The van der Waals surface area contributed by atoms with Crippen LogP contribution >= 0.6 is 15.8 Å². The van der Waals surface area contributed by atoms with Crippen LogP contribution < -0.4 is 26.5 Å². The van der Waals surface area contributed by atoms with Crippen molar-refractivity contribution in [2.24, 2.45) is 4.99 Å². The molecule has 17 aromatic carbocycles. The van der Waals surface area contributed by atoms with Crippen LogP contribution in [-0.2, 0) is 64.8 Å². The van der Waals surface area contributed by atoms with Gasteiger partial charge < -0.3 is 16.0 Å². The second-order valence-corrected chi connectivity index (χ2v) is 30.5. The molecule has 117 heavy (non-hydrogen) atoms. The molecule has 17 aromatic rings. The number of nitrogens with zero attached hydrogens (tertiary/aromatic N) is 3. The van der Waals surface area contributed by atoms with Crippen molar-refractivity contribution >= 4 is 75.6 Å². The summed E-state index contributed by atoms with van der Waals surface area (Å²) in [6, 6.07) is 163. The van der Waals surface area contributed by atoms with Crippen molar-refractivity contribution in [3.05, 3.63) is 588 Å². The zero-order valence-corrected chi connectivity index (χ0v) is 75.3. The van der Waals surface area contributed by atoms with Crippen molar-refractivity contribution in [2.75, 3.05) is 5.32 Å². The normalized spacial score (nSPS) is 10.3. The zero-order chi connectivity index (χ0) is 80.4. The predicted octanol–water partition coefficient (Wildman–Crippen LogP) is 27.9. The summed E-state index contributed by atoms with van der Waals surface area (Å²) in [5.74, 6) is -0.189. The van der Waals surface area contributed by atoms with E-state index in [9.17, 15) is 0 Å². The van der Waals surface area contributed by atoms with Crippen LogP contribution in [0.4, 0.5) is 11.4 Å². The van der Waals surface area contributed by atoms with E-state index in [4.69, 9.17) is 15.6 Å². The Kier molecular flexibility index (Phi) is 43.3. The van der Waals surface area contributed by atoms with E-state index in [1.54, 1.807) is 0 Å². The minimum Gasteiger partial charge on any atom is -0.695 e. The van der Waals surface area contributed by atoms with Gasteiger partial charge in [-0.05, 0) is 60.5 Å². The fraction of sp³-hybridized carbons (Fsp3) is 0.0275. The van der Waals surface area contributed by atoms with Gasteiger partial charge in [-0.3, -0.25) is 4.99 Å². The summed E-state index contributed by atoms with van der Waals surface area (Å²) in [5.41, 5.74) is 12.9. The molecule has 0 aliphatic rings. The molecule has 0 aromatic heterocycles. The average molecular weight is 1880 g/mol. The zero-order valence-electron chi connectivity index (χ0n) is 66.3. The molecular formula is C109H99Hf2N4P2-5. The van der Waals surface area contributed by atoms with E-state index < -0.39 is 15.8 Å². The third-order valence-corrected chi connectivity index (χ3v) is 21.7. The van der Waals surface area contributed by atoms with Gasteiger partial charge in [0.2, 0.25) is 0 Å². The molecule has 0 fully saturated rings. The van der Waals surface area contributed by atoms with Crippen molar-refractivity contribution in [3.63, 3.8) is 0 Å². The molecule has 1 N–H and O–H groups in total. The second kappa shape index (κ2) is 54.9. The van der Waals surface area contributed by atoms with Gasteiger partial charge in [0, 0.05) is 39.5 Å². The molecule has 8 heteroatoms. The SMILES string of the molecule is [CH2-]c1ccccc1.[CH2-]c1ccccc1.[CH2-]c1ccccc1.[CH2-]c1ccccc1.[CH2-]c1ccccc1.[CH2-]c1ccccc1.[CH2-]c1ccccc1.[Hf+4].[Hf].c1ccc(CN=C(Nc2ccc3ccccc3c2)P(c2ccccc2)c2ccccc2)cc1.c1ccc(C[N-]C([N-]c2ccc3ccccc3c2)P(c2ccccc2)c2ccccc2)cc1. The molecule has 0 aliphatic heterocycles. The first-order valence-electron chi connectivity index (χ1n) is 38.1. The molecule has 17 rings (SSSR count). The Bertz CT molecular complexity index is 4940. The van der Waals surface area contributed by atoms with Crippen LogP contribution in [0.25, 0.3) is 32.2 Å². The first-order valence-corrected chi connectivity index (χ1v) is 40.9. The summed E-state index contributed by atoms with van der Waals surface area (Å²) in [5, 5.41) is 24.1. The van der Waals surface area contributed by atoms with Gasteiger partial charge in [-0.25, -0.2) is 0 Å². The fourth-order valence-corrected chi connectivity index (χ4v) is 15.6. The molecule has 0 amide bonds. The third kappa shape index (κ3) is 35.9. The van der Waals surface area contributed by atoms with Crippen LogP contribution in [0.2, 0.25) is 0 Å². The second-order valence-electron chi connectivity index (χ2n) is 26.1. The van der Waals surface area contributed by atoms with E-state index in [1.807, 2.05) is 224 Å². The van der Waals surface area contributed by atoms with Crippen LogP contribution in [0, 0.1) is 48.5 Å². The summed E-state index contributed by atoms with van der Waals surface area (Å²) in [6.45, 7) is 27.3. The van der Waals surface area contributed by atoms with E-state index in [0.717, 1.165) is 55.9 Å². The molecule has 0 saturated heterocycles. The maximum atomic E-state index is 5.24. The third-order valence-electron chi connectivity index (χ3n) is 17.0. The Hall–Kier alpha value is -11.8. The Labute approximate surface area is 738 Å². The van der Waals surface area contributed by atoms with Gasteiger partial charge in [-0.1, -0.05) is 311 Å². The molecule has 0 saturated carbocycles. The van der Waals surface area contributed by atoms with Gasteiger partial charge in [0.1, 0.15) is 5.58 Å². The summed E-state index contributed by atoms with van der Waals surface area (Å²) in [7, 11) is -1.65. The van der Waals surface area contributed by atoms with Crippen LogP contribution in [0.5, 0.6) is 0 Å². The van der Waals surface area contributed by atoms with E-state index in [1.165, 1.54) is 53.9 Å². The Morgan fingerprint density at radius 2 is 0.530 bits per heavy atom. The van der Waals surface area contributed by atoms with Crippen LogP contribution in [0.15, 0.2) is 484 Å². The molecule has 578 valence electrons. The minimum atomic E-state index is -0.839. The topological polar surface area (TPSA) is 52.6 Å². The minimum absolute atomic E-state index is 0. The molecule has 0 radical (unpaired) electrons. The van der Waals surface area contributed by atoms with E-state index in [0.29, 0.717) is 13.1 Å². The van der Waals surface area contributed by atoms with Gasteiger partial charge in [0.15, 0.2) is 0 Å². The molecular weight excluding hydrogens is 1780 g/mol. The smallest absolute Gasteiger partial charge is 0.695 e. The number of hydrogen-bond donors (Lipinski definition) is 1. The van der Waals surface area contributed by atoms with Crippen molar-refractivity contribution in [3.8, 4) is 0 Å². The molecule has 1 unspecified atom stereocenters. The van der Waals surface area contributed by atoms with Gasteiger partial charge >= 0.3 is 25.8 Å². The van der Waals surface area contributed by atoms with Gasteiger partial charge in [-0.15, -0.1) is 97.2 Å². The first kappa shape index (κ1) is 92.4. The van der Waals surface area contributed by atoms with Gasteiger partial charge in [-0.2, -0.15) is 178 Å². The predicted molar refractivity (Wildman–Crippen MR) is 504 cm³/mol. The van der Waals surface area contributed by atoms with Crippen molar-refractivity contribution < 1.29 is 51.7 Å². The number of amidine groups is 1. The van der Waals surface area contributed by atoms with E-state index in [-0.39, 0.29) is 57.6 Å². The number of aliphatic imine (C=N–C) groups is 1. The van der Waals surface area contributed by atoms with Crippen molar-refractivity contribution in [2.45, 2.75) is 19.0 Å². The summed E-state index contributed by atoms with van der Waals surface area (Å²) in [6.07, 6.45) is 0. The number of rotatable bonds is 14. The van der Waals surface area contributed by atoms with Crippen molar-refractivity contribution in [1.29, 1.82) is 0 Å². The molecule has 0 spiro atoms. The van der Waals surface area contributed by atoms with Gasteiger partial charge in [0.25, 0.3) is 0 Å².